The van der Waals surface area contributed by atoms with Crippen LogP contribution in [0.2, 0.25) is 0 Å². The second-order valence-corrected chi connectivity index (χ2v) is 6.84. The van der Waals surface area contributed by atoms with Crippen molar-refractivity contribution in [2.45, 2.75) is 17.9 Å². The predicted octanol–water partition coefficient (Wildman–Crippen LogP) is -0.0276. The van der Waals surface area contributed by atoms with Crippen molar-refractivity contribution in [1.29, 1.82) is 0 Å². The van der Waals surface area contributed by atoms with Crippen LogP contribution in [-0.2, 0) is 19.6 Å². The molecule has 0 aliphatic carbocycles. The van der Waals surface area contributed by atoms with Crippen LogP contribution in [0.4, 0.5) is 0 Å². The Labute approximate surface area is 129 Å². The lowest BCUT2D eigenvalue weighted by Gasteiger charge is -2.28. The average molecular weight is 323 g/mol. The summed E-state index contributed by atoms with van der Waals surface area (Å²) in [5.41, 5.74) is 0.504. The number of nitrogens with zero attached hydrogens (tertiary/aromatic N) is 2. The molecule has 0 spiro atoms. The highest BCUT2D eigenvalue weighted by molar-refractivity contribution is 7.90. The van der Waals surface area contributed by atoms with Crippen molar-refractivity contribution in [3.8, 4) is 0 Å². The summed E-state index contributed by atoms with van der Waals surface area (Å²) in [5, 5.41) is 0. The lowest BCUT2D eigenvalue weighted by atomic mass is 10.2. The van der Waals surface area contributed by atoms with E-state index in [1.807, 2.05) is 0 Å². The van der Waals surface area contributed by atoms with Crippen molar-refractivity contribution in [2.24, 2.45) is 4.99 Å². The molecular formula is C14H17N3O4S. The molecule has 8 heteroatoms. The fourth-order valence-electron chi connectivity index (χ4n) is 2.53. The highest BCUT2D eigenvalue weighted by atomic mass is 32.2. The lowest BCUT2D eigenvalue weighted by Crippen LogP contribution is -2.44. The summed E-state index contributed by atoms with van der Waals surface area (Å²) in [7, 11) is -3.58. The Morgan fingerprint density at radius 2 is 2.00 bits per heavy atom. The van der Waals surface area contributed by atoms with Crippen LogP contribution in [0, 0.1) is 0 Å². The van der Waals surface area contributed by atoms with E-state index in [0.717, 1.165) is 0 Å². The molecular weight excluding hydrogens is 306 g/mol. The van der Waals surface area contributed by atoms with E-state index in [-0.39, 0.29) is 16.6 Å². The number of hydrogen-bond donors (Lipinski definition) is 1. The molecule has 0 unspecified atom stereocenters. The van der Waals surface area contributed by atoms with Crippen molar-refractivity contribution in [1.82, 2.24) is 9.62 Å². The first-order valence-electron chi connectivity index (χ1n) is 7.05. The number of amidine groups is 1. The van der Waals surface area contributed by atoms with Crippen molar-refractivity contribution in [2.75, 3.05) is 26.3 Å². The summed E-state index contributed by atoms with van der Waals surface area (Å²) in [6, 6.07) is 5.95. The number of nitrogens with one attached hydrogen (secondary N) is 1. The van der Waals surface area contributed by atoms with Gasteiger partial charge in [0.25, 0.3) is 10.0 Å². The molecule has 1 aromatic carbocycles. The van der Waals surface area contributed by atoms with Crippen LogP contribution in [0.5, 0.6) is 0 Å². The molecule has 0 aromatic heterocycles. The van der Waals surface area contributed by atoms with E-state index < -0.39 is 16.1 Å². The van der Waals surface area contributed by atoms with Crippen LogP contribution in [0.15, 0.2) is 34.2 Å². The van der Waals surface area contributed by atoms with Crippen LogP contribution in [0.25, 0.3) is 0 Å². The molecule has 1 aromatic rings. The van der Waals surface area contributed by atoms with E-state index in [2.05, 4.69) is 9.71 Å². The third kappa shape index (κ3) is 2.71. The number of carbonyl (C=O) groups excluding carboxylic acids is 1. The van der Waals surface area contributed by atoms with Crippen LogP contribution in [0.1, 0.15) is 12.5 Å². The SMILES string of the molecule is C[C@@H](N=C1NS(=O)(=O)c2ccccc21)C(=O)N1CCOCC1. The molecule has 1 amide bonds. The number of sulfonamides is 1. The number of rotatable bonds is 2. The molecule has 7 nitrogen and oxygen atoms in total. The molecule has 1 saturated heterocycles. The zero-order chi connectivity index (χ0) is 15.7. The Kier molecular flexibility index (Phi) is 3.88. The number of aliphatic imine (C=N–C) groups is 1. The van der Waals surface area contributed by atoms with Crippen molar-refractivity contribution in [3.05, 3.63) is 29.8 Å². The third-order valence-electron chi connectivity index (χ3n) is 3.67. The Morgan fingerprint density at radius 1 is 1.32 bits per heavy atom. The minimum absolute atomic E-state index is 0.126. The molecule has 2 aliphatic heterocycles. The summed E-state index contributed by atoms with van der Waals surface area (Å²) in [6.45, 7) is 3.78. The molecule has 1 N–H and O–H groups in total. The van der Waals surface area contributed by atoms with Gasteiger partial charge in [0.15, 0.2) is 0 Å². The normalized spacial score (nSPS) is 23.0. The van der Waals surface area contributed by atoms with Gasteiger partial charge in [-0.15, -0.1) is 0 Å². The van der Waals surface area contributed by atoms with Gasteiger partial charge in [-0.1, -0.05) is 12.1 Å². The summed E-state index contributed by atoms with van der Waals surface area (Å²) in [6.07, 6.45) is 0. The van der Waals surface area contributed by atoms with E-state index in [1.165, 1.54) is 6.07 Å². The van der Waals surface area contributed by atoms with Gasteiger partial charge >= 0.3 is 0 Å². The molecule has 0 bridgehead atoms. The van der Waals surface area contributed by atoms with Gasteiger partial charge in [0.2, 0.25) is 5.91 Å². The van der Waals surface area contributed by atoms with Gasteiger partial charge in [0.05, 0.1) is 18.1 Å². The smallest absolute Gasteiger partial charge is 0.263 e. The van der Waals surface area contributed by atoms with Crippen LogP contribution in [0.3, 0.4) is 0 Å². The molecule has 1 fully saturated rings. The number of carbonyl (C=O) groups is 1. The van der Waals surface area contributed by atoms with Gasteiger partial charge in [-0.3, -0.25) is 14.5 Å². The maximum Gasteiger partial charge on any atom is 0.263 e. The van der Waals surface area contributed by atoms with Gasteiger partial charge in [0.1, 0.15) is 11.9 Å². The van der Waals surface area contributed by atoms with Crippen molar-refractivity contribution in [3.63, 3.8) is 0 Å². The van der Waals surface area contributed by atoms with Crippen molar-refractivity contribution >= 4 is 21.8 Å². The molecule has 0 radical (unpaired) electrons. The van der Waals surface area contributed by atoms with Gasteiger partial charge in [-0.2, -0.15) is 0 Å². The first-order valence-corrected chi connectivity index (χ1v) is 8.54. The summed E-state index contributed by atoms with van der Waals surface area (Å²) in [5.74, 6) is 0.101. The van der Waals surface area contributed by atoms with E-state index >= 15 is 0 Å². The lowest BCUT2D eigenvalue weighted by molar-refractivity contribution is -0.136. The maximum absolute atomic E-state index is 12.3. The van der Waals surface area contributed by atoms with Crippen LogP contribution < -0.4 is 4.72 Å². The fraction of sp³-hybridized carbons (Fsp3) is 0.429. The van der Waals surface area contributed by atoms with Gasteiger partial charge < -0.3 is 9.64 Å². The average Bonchev–Trinajstić information content (AvgIpc) is 2.79. The van der Waals surface area contributed by atoms with Gasteiger partial charge in [-0.25, -0.2) is 8.42 Å². The van der Waals surface area contributed by atoms with Crippen molar-refractivity contribution < 1.29 is 17.9 Å². The first kappa shape index (κ1) is 15.0. The Morgan fingerprint density at radius 3 is 2.73 bits per heavy atom. The third-order valence-corrected chi connectivity index (χ3v) is 5.06. The summed E-state index contributed by atoms with van der Waals surface area (Å²) >= 11 is 0. The highest BCUT2D eigenvalue weighted by Gasteiger charge is 2.31. The molecule has 2 aliphatic rings. The number of benzene rings is 1. The fourth-order valence-corrected chi connectivity index (χ4v) is 3.77. The minimum Gasteiger partial charge on any atom is -0.378 e. The second-order valence-electron chi connectivity index (χ2n) is 5.19. The largest absolute Gasteiger partial charge is 0.378 e. The zero-order valence-corrected chi connectivity index (χ0v) is 13.0. The second kappa shape index (κ2) is 5.69. The number of hydrogen-bond acceptors (Lipinski definition) is 5. The molecule has 1 atom stereocenters. The zero-order valence-electron chi connectivity index (χ0n) is 12.2. The molecule has 0 saturated carbocycles. The van der Waals surface area contributed by atoms with E-state index in [1.54, 1.807) is 30.0 Å². The van der Waals surface area contributed by atoms with Crippen LogP contribution in [-0.4, -0.2) is 57.4 Å². The Hall–Kier alpha value is -1.93. The predicted molar refractivity (Wildman–Crippen MR) is 80.2 cm³/mol. The van der Waals surface area contributed by atoms with E-state index in [0.29, 0.717) is 31.9 Å². The first-order chi connectivity index (χ1) is 10.5. The topological polar surface area (TPSA) is 88.1 Å². The summed E-state index contributed by atoms with van der Waals surface area (Å²) < 4.78 is 31.7. The summed E-state index contributed by atoms with van der Waals surface area (Å²) in [4.78, 5) is 18.5. The Balaban J connectivity index is 1.85. The number of fused-ring (bicyclic) bond motifs is 1. The minimum atomic E-state index is -3.58. The quantitative estimate of drug-likeness (QED) is 0.828. The number of amides is 1. The van der Waals surface area contributed by atoms with E-state index in [4.69, 9.17) is 4.74 Å². The Bertz CT molecular complexity index is 723. The van der Waals surface area contributed by atoms with Gasteiger partial charge in [0, 0.05) is 18.7 Å². The molecule has 22 heavy (non-hydrogen) atoms. The standard InChI is InChI=1S/C14H17N3O4S/c1-10(14(18)17-6-8-21-9-7-17)15-13-11-4-2-3-5-12(11)22(19,20)16-13/h2-5,10H,6-9H2,1H3,(H,15,16)/t10-/m1/s1. The molecule has 2 heterocycles. The molecule has 118 valence electrons. The maximum atomic E-state index is 12.3. The number of ether oxygens (including phenoxy) is 1. The van der Waals surface area contributed by atoms with E-state index in [9.17, 15) is 13.2 Å². The number of morpholine rings is 1. The van der Waals surface area contributed by atoms with Gasteiger partial charge in [-0.05, 0) is 19.1 Å². The van der Waals surface area contributed by atoms with Crippen LogP contribution >= 0.6 is 0 Å². The molecule has 3 rings (SSSR count). The highest BCUT2D eigenvalue weighted by Crippen LogP contribution is 2.22. The monoisotopic (exact) mass is 323 g/mol.